The molecule has 2 heterocycles. The molecule has 2 aliphatic heterocycles. The fraction of sp³-hybridized carbons (Fsp3) is 0.364. The number of ketones is 2. The van der Waals surface area contributed by atoms with E-state index in [0.717, 1.165) is 22.3 Å². The standard InChI is InChI=1S/C22H21ClO4/c1-14-2-3-16(15-4-6-17(23)7-5-15)12-18(14)20-19(24)13-27-22(21(20)25)8-10-26-11-9-22/h2-7,12,20H,8-11,13H2,1H3. The van der Waals surface area contributed by atoms with Crippen LogP contribution in [0.15, 0.2) is 42.5 Å². The van der Waals surface area contributed by atoms with Crippen molar-refractivity contribution in [3.63, 3.8) is 0 Å². The van der Waals surface area contributed by atoms with Crippen LogP contribution in [0.1, 0.15) is 29.9 Å². The highest BCUT2D eigenvalue weighted by molar-refractivity contribution is 6.30. The van der Waals surface area contributed by atoms with Crippen molar-refractivity contribution < 1.29 is 19.1 Å². The van der Waals surface area contributed by atoms with E-state index in [2.05, 4.69) is 0 Å². The summed E-state index contributed by atoms with van der Waals surface area (Å²) in [6, 6.07) is 13.5. The van der Waals surface area contributed by atoms with Gasteiger partial charge in [0.15, 0.2) is 11.6 Å². The molecule has 2 aliphatic rings. The summed E-state index contributed by atoms with van der Waals surface area (Å²) in [5, 5.41) is 0.669. The Hall–Kier alpha value is -2.01. The second kappa shape index (κ2) is 7.19. The minimum atomic E-state index is -0.889. The molecule has 1 atom stereocenters. The lowest BCUT2D eigenvalue weighted by atomic mass is 9.75. The highest BCUT2D eigenvalue weighted by Crippen LogP contribution is 2.39. The minimum absolute atomic E-state index is 0.0268. The summed E-state index contributed by atoms with van der Waals surface area (Å²) in [5.74, 6) is -1.07. The first kappa shape index (κ1) is 18.4. The third-order valence-corrected chi connectivity index (χ3v) is 5.84. The lowest BCUT2D eigenvalue weighted by Crippen LogP contribution is -2.55. The van der Waals surface area contributed by atoms with E-state index in [0.29, 0.717) is 31.1 Å². The van der Waals surface area contributed by atoms with E-state index in [1.165, 1.54) is 0 Å². The number of carbonyl (C=O) groups excluding carboxylic acids is 2. The van der Waals surface area contributed by atoms with Crippen LogP contribution < -0.4 is 0 Å². The van der Waals surface area contributed by atoms with Crippen molar-refractivity contribution in [1.29, 1.82) is 0 Å². The van der Waals surface area contributed by atoms with E-state index in [4.69, 9.17) is 21.1 Å². The number of Topliss-reactive ketones (excluding diaryl/α,β-unsaturated/α-hetero) is 2. The van der Waals surface area contributed by atoms with E-state index in [-0.39, 0.29) is 18.2 Å². The lowest BCUT2D eigenvalue weighted by Gasteiger charge is -2.41. The van der Waals surface area contributed by atoms with Crippen molar-refractivity contribution in [2.24, 2.45) is 0 Å². The first-order valence-corrected chi connectivity index (χ1v) is 9.53. The van der Waals surface area contributed by atoms with E-state index in [1.807, 2.05) is 49.4 Å². The molecule has 1 unspecified atom stereocenters. The molecule has 27 heavy (non-hydrogen) atoms. The summed E-state index contributed by atoms with van der Waals surface area (Å²) >= 11 is 5.98. The van der Waals surface area contributed by atoms with Gasteiger partial charge in [-0.25, -0.2) is 0 Å². The third-order valence-electron chi connectivity index (χ3n) is 5.59. The van der Waals surface area contributed by atoms with Crippen LogP contribution in [-0.4, -0.2) is 37.0 Å². The maximum atomic E-state index is 13.3. The number of carbonyl (C=O) groups is 2. The molecule has 0 saturated carbocycles. The van der Waals surface area contributed by atoms with Crippen LogP contribution in [0.5, 0.6) is 0 Å². The maximum Gasteiger partial charge on any atom is 0.179 e. The summed E-state index contributed by atoms with van der Waals surface area (Å²) in [7, 11) is 0. The number of rotatable bonds is 2. The third kappa shape index (κ3) is 3.33. The molecule has 0 aliphatic carbocycles. The molecule has 2 aromatic rings. The van der Waals surface area contributed by atoms with Gasteiger partial charge < -0.3 is 9.47 Å². The number of halogens is 1. The zero-order chi connectivity index (χ0) is 19.0. The molecule has 2 saturated heterocycles. The number of hydrogen-bond acceptors (Lipinski definition) is 4. The van der Waals surface area contributed by atoms with Gasteiger partial charge in [0.25, 0.3) is 0 Å². The first-order chi connectivity index (χ1) is 13.0. The predicted molar refractivity (Wildman–Crippen MR) is 103 cm³/mol. The Labute approximate surface area is 163 Å². The Kier molecular flexibility index (Phi) is 4.89. The highest BCUT2D eigenvalue weighted by atomic mass is 35.5. The smallest absolute Gasteiger partial charge is 0.179 e. The zero-order valence-electron chi connectivity index (χ0n) is 15.2. The molecular formula is C22H21ClO4. The molecule has 2 aromatic carbocycles. The number of benzene rings is 2. The average molecular weight is 385 g/mol. The van der Waals surface area contributed by atoms with Crippen molar-refractivity contribution in [3.8, 4) is 11.1 Å². The van der Waals surface area contributed by atoms with Crippen LogP contribution in [0.3, 0.4) is 0 Å². The van der Waals surface area contributed by atoms with Gasteiger partial charge in [0, 0.05) is 31.1 Å². The van der Waals surface area contributed by atoms with E-state index in [1.54, 1.807) is 0 Å². The fourth-order valence-corrected chi connectivity index (χ4v) is 4.08. The second-order valence-electron chi connectivity index (χ2n) is 7.24. The molecule has 4 rings (SSSR count). The highest BCUT2D eigenvalue weighted by Gasteiger charge is 2.51. The van der Waals surface area contributed by atoms with Crippen LogP contribution in [0.25, 0.3) is 11.1 Å². The van der Waals surface area contributed by atoms with Gasteiger partial charge in [-0.3, -0.25) is 9.59 Å². The summed E-state index contributed by atoms with van der Waals surface area (Å²) < 4.78 is 11.2. The van der Waals surface area contributed by atoms with Crippen molar-refractivity contribution in [1.82, 2.24) is 0 Å². The van der Waals surface area contributed by atoms with Crippen molar-refractivity contribution >= 4 is 23.2 Å². The van der Waals surface area contributed by atoms with Gasteiger partial charge in [0.1, 0.15) is 18.1 Å². The van der Waals surface area contributed by atoms with Gasteiger partial charge in [0.2, 0.25) is 0 Å². The maximum absolute atomic E-state index is 13.3. The van der Waals surface area contributed by atoms with Crippen molar-refractivity contribution in [2.45, 2.75) is 31.3 Å². The SMILES string of the molecule is Cc1ccc(-c2ccc(Cl)cc2)cc1C1C(=O)COC2(CCOCC2)C1=O. The van der Waals surface area contributed by atoms with E-state index >= 15 is 0 Å². The quantitative estimate of drug-likeness (QED) is 0.731. The number of hydrogen-bond donors (Lipinski definition) is 0. The lowest BCUT2D eigenvalue weighted by molar-refractivity contribution is -0.174. The Morgan fingerprint density at radius 3 is 2.37 bits per heavy atom. The summed E-state index contributed by atoms with van der Waals surface area (Å²) in [6.07, 6.45) is 1.01. The normalized spacial score (nSPS) is 22.2. The molecule has 0 amide bonds. The molecule has 4 nitrogen and oxygen atoms in total. The minimum Gasteiger partial charge on any atom is -0.381 e. The Bertz CT molecular complexity index is 882. The van der Waals surface area contributed by atoms with Gasteiger partial charge in [-0.05, 0) is 47.4 Å². The van der Waals surface area contributed by atoms with Crippen LogP contribution >= 0.6 is 11.6 Å². The molecule has 2 fully saturated rings. The van der Waals surface area contributed by atoms with Crippen LogP contribution in [0, 0.1) is 6.92 Å². The number of ether oxygens (including phenoxy) is 2. The summed E-state index contributed by atoms with van der Waals surface area (Å²) in [4.78, 5) is 26.0. The molecule has 1 spiro atoms. The van der Waals surface area contributed by atoms with Crippen molar-refractivity contribution in [2.75, 3.05) is 19.8 Å². The zero-order valence-corrected chi connectivity index (χ0v) is 15.9. The Balaban J connectivity index is 1.74. The Morgan fingerprint density at radius 2 is 1.67 bits per heavy atom. The summed E-state index contributed by atoms with van der Waals surface area (Å²) in [5.41, 5.74) is 2.77. The van der Waals surface area contributed by atoms with Gasteiger partial charge in [-0.15, -0.1) is 0 Å². The molecular weight excluding hydrogens is 364 g/mol. The second-order valence-corrected chi connectivity index (χ2v) is 7.67. The topological polar surface area (TPSA) is 52.6 Å². The van der Waals surface area contributed by atoms with Gasteiger partial charge >= 0.3 is 0 Å². The van der Waals surface area contributed by atoms with Gasteiger partial charge in [-0.2, -0.15) is 0 Å². The average Bonchev–Trinajstić information content (AvgIpc) is 2.68. The molecule has 0 aromatic heterocycles. The molecule has 0 radical (unpaired) electrons. The molecule has 5 heteroatoms. The van der Waals surface area contributed by atoms with Gasteiger partial charge in [-0.1, -0.05) is 35.9 Å². The predicted octanol–water partition coefficient (Wildman–Crippen LogP) is 4.12. The van der Waals surface area contributed by atoms with Crippen LogP contribution in [0.4, 0.5) is 0 Å². The Morgan fingerprint density at radius 1 is 1.00 bits per heavy atom. The number of aryl methyl sites for hydroxylation is 1. The fourth-order valence-electron chi connectivity index (χ4n) is 3.95. The largest absolute Gasteiger partial charge is 0.381 e. The summed E-state index contributed by atoms with van der Waals surface area (Å²) in [6.45, 7) is 2.88. The molecule has 0 N–H and O–H groups in total. The molecule has 0 bridgehead atoms. The van der Waals surface area contributed by atoms with Crippen molar-refractivity contribution in [3.05, 3.63) is 58.6 Å². The van der Waals surface area contributed by atoms with Crippen LogP contribution in [0.2, 0.25) is 5.02 Å². The van der Waals surface area contributed by atoms with E-state index < -0.39 is 11.5 Å². The monoisotopic (exact) mass is 384 g/mol. The first-order valence-electron chi connectivity index (χ1n) is 9.15. The molecule has 140 valence electrons. The van der Waals surface area contributed by atoms with Crippen LogP contribution in [-0.2, 0) is 19.1 Å². The van der Waals surface area contributed by atoms with E-state index in [9.17, 15) is 9.59 Å². The van der Waals surface area contributed by atoms with Gasteiger partial charge in [0.05, 0.1) is 0 Å².